The highest BCUT2D eigenvalue weighted by Crippen LogP contribution is 2.34. The van der Waals surface area contributed by atoms with Crippen molar-refractivity contribution in [3.8, 4) is 5.75 Å². The van der Waals surface area contributed by atoms with Crippen LogP contribution in [-0.4, -0.2) is 111 Å². The van der Waals surface area contributed by atoms with E-state index in [1.165, 1.54) is 18.2 Å². The third kappa shape index (κ3) is 10.3. The average Bonchev–Trinajstić information content (AvgIpc) is 4.18. The SMILES string of the molecule is CCn1nc(C)cc1Nc1nc2cc(C(N)=O)ccc2n1C/C=C/Cn1c(Nc2cc(C)nn2CC)nc2cc(C(=O)NCCCCNC(=O)COc3cccc4c3C(=O)N(C3CCC(=O)NC3=O)C4=O)ccc21. The smallest absolute Gasteiger partial charge is 0.266 e. The fourth-order valence-electron chi connectivity index (χ4n) is 9.06. The number of benzene rings is 3. The van der Waals surface area contributed by atoms with Crippen molar-refractivity contribution < 1.29 is 38.3 Å². The summed E-state index contributed by atoms with van der Waals surface area (Å²) in [5, 5.41) is 23.9. The second kappa shape index (κ2) is 21.3. The van der Waals surface area contributed by atoms with Gasteiger partial charge in [-0.05, 0) is 95.5 Å². The van der Waals surface area contributed by atoms with Gasteiger partial charge in [-0.15, -0.1) is 0 Å². The molecule has 1 unspecified atom stereocenters. The molecule has 2 aliphatic rings. The number of rotatable bonds is 21. The number of aryl methyl sites for hydroxylation is 4. The lowest BCUT2D eigenvalue weighted by atomic mass is 10.0. The van der Waals surface area contributed by atoms with E-state index in [2.05, 4.69) is 36.8 Å². The number of fused-ring (bicyclic) bond motifs is 3. The number of allylic oxidation sites excluding steroid dienone is 2. The van der Waals surface area contributed by atoms with Crippen molar-refractivity contribution in [1.29, 1.82) is 0 Å². The number of nitrogens with two attached hydrogens (primary N) is 1. The second-order valence-electron chi connectivity index (χ2n) is 17.8. The van der Waals surface area contributed by atoms with Gasteiger partial charge in [0.15, 0.2) is 6.61 Å². The minimum Gasteiger partial charge on any atom is -0.483 e. The molecule has 6 heterocycles. The van der Waals surface area contributed by atoms with E-state index >= 15 is 0 Å². The average molecular weight is 1010 g/mol. The van der Waals surface area contributed by atoms with Crippen molar-refractivity contribution in [2.75, 3.05) is 30.3 Å². The van der Waals surface area contributed by atoms with E-state index in [1.54, 1.807) is 24.3 Å². The van der Waals surface area contributed by atoms with Gasteiger partial charge in [-0.2, -0.15) is 10.2 Å². The Morgan fingerprint density at radius 3 is 1.92 bits per heavy atom. The first-order chi connectivity index (χ1) is 35.7. The standard InChI is InChI=1S/C51H55N15O8/c1-5-64-40(24-29(3)60-64)57-50-55-34-26-31(45(52)69)14-16-36(34)62(50)22-9-10-23-63-37-17-15-32(27-35(37)56-51(63)58-41-25-30(4)61-65(41)6-2)46(70)54-21-8-7-20-53-43(68)28-74-39-13-11-12-33-44(39)49(73)66(48(33)72)38-18-19-42(67)59-47(38)71/h9-17,24-27,38H,5-8,18-23,28H2,1-4H3,(H2,52,69)(H,53,68)(H,54,70)(H,55,57)(H,56,58)(H,59,67,71)/b10-9+. The van der Waals surface area contributed by atoms with Crippen LogP contribution in [0.2, 0.25) is 0 Å². The first kappa shape index (κ1) is 49.8. The van der Waals surface area contributed by atoms with Crippen molar-refractivity contribution in [2.45, 2.75) is 85.6 Å². The highest BCUT2D eigenvalue weighted by atomic mass is 16.5. The van der Waals surface area contributed by atoms with E-state index in [0.29, 0.717) is 79.6 Å². The largest absolute Gasteiger partial charge is 0.483 e. The number of aromatic nitrogens is 8. The van der Waals surface area contributed by atoms with Gasteiger partial charge >= 0.3 is 0 Å². The van der Waals surface area contributed by atoms with Gasteiger partial charge in [0.05, 0.1) is 44.6 Å². The Labute approximate surface area is 423 Å². The number of imide groups is 2. The van der Waals surface area contributed by atoms with E-state index in [1.807, 2.05) is 82.6 Å². The highest BCUT2D eigenvalue weighted by Gasteiger charge is 2.46. The lowest BCUT2D eigenvalue weighted by Gasteiger charge is -2.27. The summed E-state index contributed by atoms with van der Waals surface area (Å²) in [6.45, 7) is 10.2. The van der Waals surface area contributed by atoms with Gasteiger partial charge in [0.1, 0.15) is 23.4 Å². The van der Waals surface area contributed by atoms with Crippen LogP contribution in [-0.2, 0) is 40.6 Å². The number of amides is 7. The third-order valence-electron chi connectivity index (χ3n) is 12.7. The van der Waals surface area contributed by atoms with E-state index in [4.69, 9.17) is 20.4 Å². The molecule has 0 spiro atoms. The Morgan fingerprint density at radius 2 is 1.34 bits per heavy atom. The number of nitrogens with zero attached hydrogens (tertiary/aromatic N) is 9. The van der Waals surface area contributed by atoms with Crippen molar-refractivity contribution in [1.82, 2.24) is 59.5 Å². The number of nitrogens with one attached hydrogen (secondary N) is 5. The fourth-order valence-corrected chi connectivity index (χ4v) is 9.06. The Hall–Kier alpha value is -9.15. The normalized spacial score (nSPS) is 14.5. The Kier molecular flexibility index (Phi) is 14.3. The highest BCUT2D eigenvalue weighted by molar-refractivity contribution is 6.24. The molecule has 0 aliphatic carbocycles. The molecule has 7 aromatic rings. The zero-order valence-corrected chi connectivity index (χ0v) is 41.2. The summed E-state index contributed by atoms with van der Waals surface area (Å²) in [6, 6.07) is 17.7. The lowest BCUT2D eigenvalue weighted by Crippen LogP contribution is -2.54. The zero-order chi connectivity index (χ0) is 52.2. The lowest BCUT2D eigenvalue weighted by molar-refractivity contribution is -0.136. The molecule has 2 aliphatic heterocycles. The van der Waals surface area contributed by atoms with Crippen LogP contribution in [0, 0.1) is 13.8 Å². The number of primary amides is 1. The van der Waals surface area contributed by atoms with Gasteiger partial charge in [0.25, 0.3) is 23.6 Å². The molecular weight excluding hydrogens is 951 g/mol. The van der Waals surface area contributed by atoms with E-state index in [-0.39, 0.29) is 42.2 Å². The number of ether oxygens (including phenoxy) is 1. The molecule has 9 rings (SSSR count). The summed E-state index contributed by atoms with van der Waals surface area (Å²) in [5.74, 6) is -1.22. The van der Waals surface area contributed by atoms with Gasteiger partial charge in [0.2, 0.25) is 29.6 Å². The molecule has 7 N–H and O–H groups in total. The maximum Gasteiger partial charge on any atom is 0.266 e. The molecular formula is C51H55N15O8. The summed E-state index contributed by atoms with van der Waals surface area (Å²) in [5.41, 5.74) is 10.9. The van der Waals surface area contributed by atoms with Crippen LogP contribution in [0.1, 0.15) is 92.4 Å². The number of carbonyl (C=O) groups excluding carboxylic acids is 7. The maximum absolute atomic E-state index is 13.4. The topological polar surface area (TPSA) is 289 Å². The first-order valence-electron chi connectivity index (χ1n) is 24.3. The zero-order valence-electron chi connectivity index (χ0n) is 41.2. The molecule has 4 aromatic heterocycles. The number of hydrogen-bond acceptors (Lipinski definition) is 14. The second-order valence-corrected chi connectivity index (χ2v) is 17.8. The monoisotopic (exact) mass is 1010 g/mol. The van der Waals surface area contributed by atoms with E-state index < -0.39 is 48.1 Å². The first-order valence-corrected chi connectivity index (χ1v) is 24.3. The van der Waals surface area contributed by atoms with Gasteiger partial charge in [-0.25, -0.2) is 19.3 Å². The summed E-state index contributed by atoms with van der Waals surface area (Å²) in [4.78, 5) is 99.4. The fraction of sp³-hybridized carbons (Fsp3) is 0.314. The quantitative estimate of drug-likeness (QED) is 0.0331. The molecule has 382 valence electrons. The summed E-state index contributed by atoms with van der Waals surface area (Å²) in [6.07, 6.45) is 5.15. The Morgan fingerprint density at radius 1 is 0.757 bits per heavy atom. The molecule has 23 heteroatoms. The maximum atomic E-state index is 13.4. The number of imidazole rings is 2. The van der Waals surface area contributed by atoms with Gasteiger partial charge in [-0.3, -0.25) is 43.8 Å². The number of unbranched alkanes of at least 4 members (excludes halogenated alkanes) is 1. The predicted octanol–water partition coefficient (Wildman–Crippen LogP) is 4.38. The molecule has 74 heavy (non-hydrogen) atoms. The molecule has 0 bridgehead atoms. The van der Waals surface area contributed by atoms with Crippen molar-refractivity contribution in [2.24, 2.45) is 5.73 Å². The van der Waals surface area contributed by atoms with Crippen LogP contribution in [0.15, 0.2) is 78.9 Å². The molecule has 1 fully saturated rings. The van der Waals surface area contributed by atoms with Gasteiger partial charge in [0, 0.05) is 68.9 Å². The molecule has 0 saturated carbocycles. The van der Waals surface area contributed by atoms with Gasteiger partial charge in [-0.1, -0.05) is 18.2 Å². The molecule has 3 aromatic carbocycles. The van der Waals surface area contributed by atoms with Crippen LogP contribution < -0.4 is 37.1 Å². The van der Waals surface area contributed by atoms with E-state index in [0.717, 1.165) is 39.0 Å². The van der Waals surface area contributed by atoms with E-state index in [9.17, 15) is 33.6 Å². The van der Waals surface area contributed by atoms with Crippen molar-refractivity contribution in [3.05, 3.63) is 113 Å². The van der Waals surface area contributed by atoms with Crippen molar-refractivity contribution >= 4 is 86.9 Å². The molecule has 23 nitrogen and oxygen atoms in total. The van der Waals surface area contributed by atoms with Crippen LogP contribution in [0.4, 0.5) is 23.5 Å². The van der Waals surface area contributed by atoms with Crippen molar-refractivity contribution in [3.63, 3.8) is 0 Å². The Balaban J connectivity index is 0.816. The third-order valence-corrected chi connectivity index (χ3v) is 12.7. The predicted molar refractivity (Wildman–Crippen MR) is 272 cm³/mol. The molecule has 7 amide bonds. The molecule has 1 saturated heterocycles. The minimum atomic E-state index is -1.13. The van der Waals surface area contributed by atoms with Crippen LogP contribution >= 0.6 is 0 Å². The summed E-state index contributed by atoms with van der Waals surface area (Å²) < 4.78 is 13.4. The van der Waals surface area contributed by atoms with Gasteiger partial charge < -0.3 is 40.9 Å². The minimum absolute atomic E-state index is 0.00934. The number of anilines is 4. The number of carbonyl (C=O) groups is 7. The van der Waals surface area contributed by atoms with Crippen LogP contribution in [0.5, 0.6) is 5.75 Å². The Bertz CT molecular complexity index is 3420. The number of piperidine rings is 1. The summed E-state index contributed by atoms with van der Waals surface area (Å²) >= 11 is 0. The summed E-state index contributed by atoms with van der Waals surface area (Å²) in [7, 11) is 0. The molecule has 1 atom stereocenters. The van der Waals surface area contributed by atoms with Crippen LogP contribution in [0.25, 0.3) is 22.1 Å². The molecule has 0 radical (unpaired) electrons. The van der Waals surface area contributed by atoms with Crippen LogP contribution in [0.3, 0.4) is 0 Å². The number of hydrogen-bond donors (Lipinski definition) is 6.